The zero-order valence-corrected chi connectivity index (χ0v) is 15.6. The first-order chi connectivity index (χ1) is 13.0. The number of nitrogens with two attached hydrogens (primary N) is 1. The second-order valence-electron chi connectivity index (χ2n) is 6.60. The Morgan fingerprint density at radius 2 is 2.15 bits per heavy atom. The van der Waals surface area contributed by atoms with Gasteiger partial charge in [-0.2, -0.15) is 0 Å². The largest absolute Gasteiger partial charge is 0.369 e. The number of fused-ring (bicyclic) bond motifs is 3. The van der Waals surface area contributed by atoms with E-state index in [4.69, 9.17) is 5.73 Å². The van der Waals surface area contributed by atoms with E-state index in [2.05, 4.69) is 4.98 Å². The van der Waals surface area contributed by atoms with Crippen LogP contribution in [-0.4, -0.2) is 21.8 Å². The molecule has 8 heteroatoms. The van der Waals surface area contributed by atoms with Gasteiger partial charge in [-0.3, -0.25) is 14.0 Å². The third-order valence-electron chi connectivity index (χ3n) is 4.94. The van der Waals surface area contributed by atoms with Crippen LogP contribution in [0.3, 0.4) is 0 Å². The van der Waals surface area contributed by atoms with Gasteiger partial charge in [-0.1, -0.05) is 0 Å². The van der Waals surface area contributed by atoms with E-state index >= 15 is 0 Å². The molecule has 1 aromatic carbocycles. The summed E-state index contributed by atoms with van der Waals surface area (Å²) in [7, 11) is 0. The van der Waals surface area contributed by atoms with Gasteiger partial charge in [-0.15, -0.1) is 11.3 Å². The number of anilines is 1. The molecule has 2 heterocycles. The van der Waals surface area contributed by atoms with E-state index in [0.717, 1.165) is 17.0 Å². The number of nitrogens with zero attached hydrogens (tertiary/aromatic N) is 3. The lowest BCUT2D eigenvalue weighted by Gasteiger charge is -2.22. The number of aryl methyl sites for hydroxylation is 1. The van der Waals surface area contributed by atoms with Crippen molar-refractivity contribution >= 4 is 27.9 Å². The number of aromatic nitrogens is 2. The summed E-state index contributed by atoms with van der Waals surface area (Å²) in [4.78, 5) is 32.7. The fraction of sp³-hybridized carbons (Fsp3) is 0.316. The van der Waals surface area contributed by atoms with Gasteiger partial charge >= 0.3 is 0 Å². The predicted molar refractivity (Wildman–Crippen MR) is 103 cm³/mol. The molecule has 3 aromatic rings. The molecule has 1 aliphatic carbocycles. The quantitative estimate of drug-likeness (QED) is 0.730. The first kappa shape index (κ1) is 17.7. The Bertz CT molecular complexity index is 1070. The third kappa shape index (κ3) is 3.10. The molecule has 0 radical (unpaired) electrons. The normalized spacial score (nSPS) is 15.9. The number of hydrogen-bond acceptors (Lipinski definition) is 5. The Kier molecular flexibility index (Phi) is 4.43. The number of hydrogen-bond donors (Lipinski definition) is 1. The zero-order chi connectivity index (χ0) is 19.1. The van der Waals surface area contributed by atoms with Crippen molar-refractivity contribution in [1.29, 1.82) is 0 Å². The molecule has 140 valence electrons. The van der Waals surface area contributed by atoms with Gasteiger partial charge in [-0.25, -0.2) is 9.37 Å². The van der Waals surface area contributed by atoms with Gasteiger partial charge in [0.05, 0.1) is 23.9 Å². The molecule has 6 nitrogen and oxygen atoms in total. The molecular weight excluding hydrogens is 367 g/mol. The number of primary amides is 1. The maximum atomic E-state index is 13.2. The molecule has 0 fully saturated rings. The van der Waals surface area contributed by atoms with Gasteiger partial charge in [0.2, 0.25) is 5.91 Å². The topological polar surface area (TPSA) is 80.7 Å². The van der Waals surface area contributed by atoms with Gasteiger partial charge in [0.1, 0.15) is 5.82 Å². The van der Waals surface area contributed by atoms with Gasteiger partial charge in [0.15, 0.2) is 4.96 Å². The van der Waals surface area contributed by atoms with Gasteiger partial charge in [0, 0.05) is 23.2 Å². The van der Waals surface area contributed by atoms with Crippen molar-refractivity contribution in [3.05, 3.63) is 62.8 Å². The fourth-order valence-corrected chi connectivity index (χ4v) is 4.84. The van der Waals surface area contributed by atoms with Crippen molar-refractivity contribution in [2.75, 3.05) is 11.4 Å². The third-order valence-corrected chi connectivity index (χ3v) is 6.06. The number of amides is 1. The number of carbonyl (C=O) groups excluding carboxylic acids is 1. The van der Waals surface area contributed by atoms with Crippen molar-refractivity contribution in [2.24, 2.45) is 5.73 Å². The molecular formula is C19H19FN4O2S. The molecule has 2 aromatic heterocycles. The van der Waals surface area contributed by atoms with Gasteiger partial charge in [0.25, 0.3) is 5.56 Å². The van der Waals surface area contributed by atoms with Crippen LogP contribution in [0.15, 0.2) is 35.1 Å². The van der Waals surface area contributed by atoms with Gasteiger partial charge in [-0.05, 0) is 44.0 Å². The number of halogens is 1. The molecule has 0 saturated heterocycles. The average Bonchev–Trinajstić information content (AvgIpc) is 3.19. The highest BCUT2D eigenvalue weighted by atomic mass is 32.1. The molecule has 0 bridgehead atoms. The maximum Gasteiger partial charge on any atom is 0.259 e. The van der Waals surface area contributed by atoms with Crippen LogP contribution in [-0.2, 0) is 17.8 Å². The molecule has 1 atom stereocenters. The van der Waals surface area contributed by atoms with Crippen LogP contribution in [0.5, 0.6) is 0 Å². The summed E-state index contributed by atoms with van der Waals surface area (Å²) in [5.74, 6) is -1.12. The van der Waals surface area contributed by atoms with Crippen LogP contribution in [0.2, 0.25) is 0 Å². The standard InChI is InChI=1S/C19H19FN4O2S/c1-2-23(13-5-3-11(20)4-6-13)10-12-9-16(25)24-17-14(18(21)26)7-8-15(17)27-19(24)22-12/h3-6,9,14H,2,7-8,10H2,1H3,(H2,21,26). The molecule has 1 unspecified atom stereocenters. The Hall–Kier alpha value is -2.74. The lowest BCUT2D eigenvalue weighted by molar-refractivity contribution is -0.119. The number of benzene rings is 1. The van der Waals surface area contributed by atoms with E-state index < -0.39 is 11.8 Å². The molecule has 2 N–H and O–H groups in total. The molecule has 0 spiro atoms. The minimum Gasteiger partial charge on any atom is -0.369 e. The van der Waals surface area contributed by atoms with Crippen molar-refractivity contribution in [3.8, 4) is 0 Å². The second kappa shape index (κ2) is 6.77. The van der Waals surface area contributed by atoms with Gasteiger partial charge < -0.3 is 10.6 Å². The summed E-state index contributed by atoms with van der Waals surface area (Å²) < 4.78 is 14.7. The fourth-order valence-electron chi connectivity index (χ4n) is 3.62. The Morgan fingerprint density at radius 1 is 1.41 bits per heavy atom. The summed E-state index contributed by atoms with van der Waals surface area (Å²) in [6, 6.07) is 7.75. The smallest absolute Gasteiger partial charge is 0.259 e. The predicted octanol–water partition coefficient (Wildman–Crippen LogP) is 2.44. The van der Waals surface area contributed by atoms with Crippen molar-refractivity contribution < 1.29 is 9.18 Å². The van der Waals surface area contributed by atoms with Crippen LogP contribution in [0.4, 0.5) is 10.1 Å². The molecule has 0 aliphatic heterocycles. The Morgan fingerprint density at radius 3 is 2.81 bits per heavy atom. The molecule has 1 aliphatic rings. The highest BCUT2D eigenvalue weighted by Crippen LogP contribution is 2.37. The van der Waals surface area contributed by atoms with Crippen LogP contribution < -0.4 is 16.2 Å². The van der Waals surface area contributed by atoms with Crippen molar-refractivity contribution in [1.82, 2.24) is 9.38 Å². The van der Waals surface area contributed by atoms with E-state index in [0.29, 0.717) is 35.9 Å². The van der Waals surface area contributed by atoms with Crippen LogP contribution in [0, 0.1) is 5.82 Å². The first-order valence-corrected chi connectivity index (χ1v) is 9.63. The zero-order valence-electron chi connectivity index (χ0n) is 14.8. The number of thiazole rings is 1. The Balaban J connectivity index is 1.71. The molecule has 27 heavy (non-hydrogen) atoms. The molecule has 1 amide bonds. The average molecular weight is 386 g/mol. The highest BCUT2D eigenvalue weighted by Gasteiger charge is 2.32. The summed E-state index contributed by atoms with van der Waals surface area (Å²) in [6.45, 7) is 3.12. The second-order valence-corrected chi connectivity index (χ2v) is 7.66. The summed E-state index contributed by atoms with van der Waals surface area (Å²) in [5, 5.41) is 0. The highest BCUT2D eigenvalue weighted by molar-refractivity contribution is 7.17. The minimum absolute atomic E-state index is 0.198. The lowest BCUT2D eigenvalue weighted by atomic mass is 10.1. The number of carbonyl (C=O) groups is 1. The van der Waals surface area contributed by atoms with E-state index in [1.165, 1.54) is 33.9 Å². The summed E-state index contributed by atoms with van der Waals surface area (Å²) in [6.07, 6.45) is 1.39. The lowest BCUT2D eigenvalue weighted by Crippen LogP contribution is -2.26. The van der Waals surface area contributed by atoms with Crippen LogP contribution >= 0.6 is 11.3 Å². The maximum absolute atomic E-state index is 13.2. The van der Waals surface area contributed by atoms with E-state index in [-0.39, 0.29) is 11.4 Å². The Labute approximate surface area is 159 Å². The number of rotatable bonds is 5. The summed E-state index contributed by atoms with van der Waals surface area (Å²) >= 11 is 1.44. The van der Waals surface area contributed by atoms with Crippen LogP contribution in [0.25, 0.3) is 4.96 Å². The monoisotopic (exact) mass is 386 g/mol. The molecule has 4 rings (SSSR count). The van der Waals surface area contributed by atoms with Crippen molar-refractivity contribution in [3.63, 3.8) is 0 Å². The first-order valence-electron chi connectivity index (χ1n) is 8.82. The SMILES string of the molecule is CCN(Cc1cc(=O)n2c3c(sc2n1)CCC3C(N)=O)c1ccc(F)cc1. The van der Waals surface area contributed by atoms with Crippen molar-refractivity contribution in [2.45, 2.75) is 32.2 Å². The van der Waals surface area contributed by atoms with E-state index in [1.54, 1.807) is 12.1 Å². The summed E-state index contributed by atoms with van der Waals surface area (Å²) in [5.41, 5.74) is 7.51. The van der Waals surface area contributed by atoms with Crippen LogP contribution in [0.1, 0.15) is 35.5 Å². The minimum atomic E-state index is -0.426. The molecule has 0 saturated carbocycles. The van der Waals surface area contributed by atoms with E-state index in [1.807, 2.05) is 11.8 Å². The van der Waals surface area contributed by atoms with E-state index in [9.17, 15) is 14.0 Å².